The molecule has 3 aliphatic heterocycles. The van der Waals surface area contributed by atoms with Gasteiger partial charge in [-0.3, -0.25) is 4.90 Å². The maximum Gasteiger partial charge on any atom is 0.266 e. The molecule has 6 rings (SSSR count). The molecular formula is C32H40N2O5S. The van der Waals surface area contributed by atoms with E-state index in [0.717, 1.165) is 66.1 Å². The molecule has 3 fully saturated rings. The van der Waals surface area contributed by atoms with E-state index >= 15 is 0 Å². The van der Waals surface area contributed by atoms with E-state index in [9.17, 15) is 8.42 Å². The van der Waals surface area contributed by atoms with Gasteiger partial charge in [0.1, 0.15) is 11.5 Å². The molecule has 3 aliphatic rings. The molecule has 0 saturated carbocycles. The molecule has 3 saturated heterocycles. The van der Waals surface area contributed by atoms with Gasteiger partial charge in [0.25, 0.3) is 10.1 Å². The predicted octanol–water partition coefficient (Wildman–Crippen LogP) is 4.95. The average Bonchev–Trinajstić information content (AvgIpc) is 2.97. The fourth-order valence-corrected chi connectivity index (χ4v) is 7.61. The molecule has 3 aromatic carbocycles. The first-order valence-electron chi connectivity index (χ1n) is 14.0. The van der Waals surface area contributed by atoms with E-state index in [-0.39, 0.29) is 17.9 Å². The van der Waals surface area contributed by atoms with Gasteiger partial charge in [-0.1, -0.05) is 67.6 Å². The Morgan fingerprint density at radius 2 is 1.45 bits per heavy atom. The van der Waals surface area contributed by atoms with Gasteiger partial charge in [-0.25, -0.2) is 4.18 Å². The van der Waals surface area contributed by atoms with E-state index in [4.69, 9.17) is 13.7 Å². The van der Waals surface area contributed by atoms with Crippen molar-refractivity contribution in [2.45, 2.75) is 50.4 Å². The Morgan fingerprint density at radius 1 is 0.900 bits per heavy atom. The summed E-state index contributed by atoms with van der Waals surface area (Å²) in [6, 6.07) is 24.1. The summed E-state index contributed by atoms with van der Waals surface area (Å²) in [5.74, 6) is 1.44. The SMILES string of the molecule is CCc1cc(CN[C@H]2C3CCN(CC3)[C@]2(OS(C)(=O)=O)C(c2ccccc2)c2ccccc2)c(OC)cc1OC. The molecule has 7 nitrogen and oxygen atoms in total. The third-order valence-corrected chi connectivity index (χ3v) is 9.06. The highest BCUT2D eigenvalue weighted by Gasteiger charge is 2.61. The summed E-state index contributed by atoms with van der Waals surface area (Å²) in [5.41, 5.74) is 2.99. The highest BCUT2D eigenvalue weighted by Crippen LogP contribution is 2.51. The number of hydrogen-bond donors (Lipinski definition) is 1. The quantitative estimate of drug-likeness (QED) is 0.330. The second kappa shape index (κ2) is 11.9. The van der Waals surface area contributed by atoms with Crippen LogP contribution in [0.1, 0.15) is 47.9 Å². The molecule has 2 atom stereocenters. The lowest BCUT2D eigenvalue weighted by Crippen LogP contribution is -2.74. The molecule has 40 heavy (non-hydrogen) atoms. The van der Waals surface area contributed by atoms with Crippen LogP contribution in [0, 0.1) is 5.92 Å². The van der Waals surface area contributed by atoms with Crippen molar-refractivity contribution in [3.05, 3.63) is 95.1 Å². The van der Waals surface area contributed by atoms with Crippen LogP contribution in [0.25, 0.3) is 0 Å². The summed E-state index contributed by atoms with van der Waals surface area (Å²) in [7, 11) is -0.504. The molecule has 0 amide bonds. The number of rotatable bonds is 11. The van der Waals surface area contributed by atoms with E-state index in [1.807, 2.05) is 42.5 Å². The van der Waals surface area contributed by atoms with Gasteiger partial charge < -0.3 is 14.8 Å². The minimum Gasteiger partial charge on any atom is -0.496 e. The minimum atomic E-state index is -3.84. The Kier molecular flexibility index (Phi) is 8.52. The Bertz CT molecular complexity index is 1350. The van der Waals surface area contributed by atoms with Crippen LogP contribution in [0.4, 0.5) is 0 Å². The number of nitrogens with one attached hydrogen (secondary N) is 1. The zero-order chi connectivity index (χ0) is 28.3. The summed E-state index contributed by atoms with van der Waals surface area (Å²) >= 11 is 0. The van der Waals surface area contributed by atoms with Gasteiger partial charge in [-0.05, 0) is 47.9 Å². The number of ether oxygens (including phenoxy) is 2. The largest absolute Gasteiger partial charge is 0.496 e. The minimum absolute atomic E-state index is 0.247. The molecule has 3 heterocycles. The van der Waals surface area contributed by atoms with Gasteiger partial charge in [0.2, 0.25) is 0 Å². The zero-order valence-corrected chi connectivity index (χ0v) is 24.6. The molecule has 0 radical (unpaired) electrons. The number of benzene rings is 3. The van der Waals surface area contributed by atoms with Crippen molar-refractivity contribution in [2.75, 3.05) is 33.6 Å². The molecule has 0 unspecified atom stereocenters. The number of nitrogens with zero attached hydrogens (tertiary/aromatic N) is 1. The first-order valence-corrected chi connectivity index (χ1v) is 15.8. The van der Waals surface area contributed by atoms with Crippen molar-refractivity contribution in [1.29, 1.82) is 0 Å². The van der Waals surface area contributed by atoms with Crippen LogP contribution >= 0.6 is 0 Å². The topological polar surface area (TPSA) is 77.1 Å². The molecule has 0 aliphatic carbocycles. The number of aryl methyl sites for hydroxylation is 1. The van der Waals surface area contributed by atoms with Crippen LogP contribution < -0.4 is 14.8 Å². The highest BCUT2D eigenvalue weighted by atomic mass is 32.2. The maximum atomic E-state index is 13.1. The van der Waals surface area contributed by atoms with Crippen molar-refractivity contribution in [3.63, 3.8) is 0 Å². The molecule has 2 bridgehead atoms. The summed E-state index contributed by atoms with van der Waals surface area (Å²) in [6.07, 6.45) is 3.94. The first-order chi connectivity index (χ1) is 19.3. The average molecular weight is 565 g/mol. The molecule has 1 N–H and O–H groups in total. The number of methoxy groups -OCH3 is 2. The predicted molar refractivity (Wildman–Crippen MR) is 157 cm³/mol. The van der Waals surface area contributed by atoms with E-state index in [1.165, 1.54) is 6.26 Å². The van der Waals surface area contributed by atoms with Crippen LogP contribution in [-0.2, 0) is 27.3 Å². The van der Waals surface area contributed by atoms with E-state index < -0.39 is 15.8 Å². The second-order valence-electron chi connectivity index (χ2n) is 10.8. The molecule has 8 heteroatoms. The number of fused-ring (bicyclic) bond motifs is 3. The smallest absolute Gasteiger partial charge is 0.266 e. The van der Waals surface area contributed by atoms with Gasteiger partial charge >= 0.3 is 0 Å². The van der Waals surface area contributed by atoms with E-state index in [2.05, 4.69) is 47.5 Å². The van der Waals surface area contributed by atoms with Crippen molar-refractivity contribution in [1.82, 2.24) is 10.2 Å². The fraction of sp³-hybridized carbons (Fsp3) is 0.438. The summed E-state index contributed by atoms with van der Waals surface area (Å²) in [6.45, 7) is 4.16. The molecular weight excluding hydrogens is 524 g/mol. The third kappa shape index (κ3) is 5.50. The lowest BCUT2D eigenvalue weighted by molar-refractivity contribution is -0.183. The standard InChI is InChI=1S/C32H40N2O5S/c1-5-23-20-27(29(38-3)21-28(23)37-2)22-33-31-26-16-18-34(19-17-26)32(31,39-40(4,35)36)30(24-12-8-6-9-13-24)25-14-10-7-11-15-25/h6-15,20-21,26,30-31,33H,5,16-19,22H2,1-4H3/t31-,32-/m0/s1. The molecule has 0 aromatic heterocycles. The fourth-order valence-electron chi connectivity index (χ4n) is 6.82. The number of hydrogen-bond acceptors (Lipinski definition) is 7. The van der Waals surface area contributed by atoms with Crippen LogP contribution in [0.5, 0.6) is 11.5 Å². The third-order valence-electron chi connectivity index (χ3n) is 8.49. The van der Waals surface area contributed by atoms with Crippen LogP contribution in [0.2, 0.25) is 0 Å². The Hall–Kier alpha value is -2.91. The Labute approximate surface area is 238 Å². The molecule has 214 valence electrons. The first kappa shape index (κ1) is 28.6. The zero-order valence-electron chi connectivity index (χ0n) is 23.8. The normalized spacial score (nSPS) is 24.3. The highest BCUT2D eigenvalue weighted by molar-refractivity contribution is 7.86. The molecule has 0 spiro atoms. The van der Waals surface area contributed by atoms with Gasteiger partial charge in [-0.15, -0.1) is 0 Å². The van der Waals surface area contributed by atoms with Crippen LogP contribution in [0.3, 0.4) is 0 Å². The Balaban J connectivity index is 1.64. The van der Waals surface area contributed by atoms with Crippen molar-refractivity contribution < 1.29 is 22.1 Å². The summed E-state index contributed by atoms with van der Waals surface area (Å²) in [4.78, 5) is 2.26. The molecule has 3 aromatic rings. The van der Waals surface area contributed by atoms with Crippen molar-refractivity contribution in [3.8, 4) is 11.5 Å². The van der Waals surface area contributed by atoms with Crippen LogP contribution in [0.15, 0.2) is 72.8 Å². The van der Waals surface area contributed by atoms with Gasteiger partial charge in [-0.2, -0.15) is 8.42 Å². The van der Waals surface area contributed by atoms with Gasteiger partial charge in [0, 0.05) is 31.3 Å². The van der Waals surface area contributed by atoms with E-state index in [1.54, 1.807) is 14.2 Å². The Morgan fingerprint density at radius 3 is 1.95 bits per heavy atom. The summed E-state index contributed by atoms with van der Waals surface area (Å²) in [5, 5.41) is 3.81. The monoisotopic (exact) mass is 564 g/mol. The van der Waals surface area contributed by atoms with Gasteiger partial charge in [0.15, 0.2) is 5.72 Å². The van der Waals surface area contributed by atoms with Gasteiger partial charge in [0.05, 0.1) is 32.4 Å². The second-order valence-corrected chi connectivity index (χ2v) is 12.4. The summed E-state index contributed by atoms with van der Waals surface area (Å²) < 4.78 is 44.0. The lowest BCUT2D eigenvalue weighted by Gasteiger charge is -2.60. The van der Waals surface area contributed by atoms with E-state index in [0.29, 0.717) is 6.54 Å². The number of piperidine rings is 3. The van der Waals surface area contributed by atoms with Crippen molar-refractivity contribution in [2.24, 2.45) is 5.92 Å². The lowest BCUT2D eigenvalue weighted by atomic mass is 9.67. The maximum absolute atomic E-state index is 13.1. The van der Waals surface area contributed by atoms with Crippen molar-refractivity contribution >= 4 is 10.1 Å². The van der Waals surface area contributed by atoms with Crippen LogP contribution in [-0.4, -0.2) is 58.6 Å².